The third kappa shape index (κ3) is 1.78. The van der Waals surface area contributed by atoms with Gasteiger partial charge in [-0.25, -0.2) is 4.79 Å². The molecule has 0 fully saturated rings. The highest BCUT2D eigenvalue weighted by Crippen LogP contribution is 2.29. The predicted octanol–water partition coefficient (Wildman–Crippen LogP) is 1.04. The molecular weight excluding hydrogens is 217 g/mol. The summed E-state index contributed by atoms with van der Waals surface area (Å²) in [6, 6.07) is 0. The van der Waals surface area contributed by atoms with Gasteiger partial charge >= 0.3 is 5.97 Å². The number of ether oxygens (including phenoxy) is 1. The summed E-state index contributed by atoms with van der Waals surface area (Å²) in [5.74, 6) is -0.966. The van der Waals surface area contributed by atoms with E-state index in [-0.39, 0.29) is 16.0 Å². The molecule has 1 rings (SSSR count). The molecular formula is C7H7Cl2NO3. The lowest BCUT2D eigenvalue weighted by Gasteiger charge is -2.21. The van der Waals surface area contributed by atoms with Gasteiger partial charge in [0.1, 0.15) is 10.1 Å². The Bertz CT molecular complexity index is 300. The van der Waals surface area contributed by atoms with Crippen LogP contribution in [-0.4, -0.2) is 30.1 Å². The topological polar surface area (TPSA) is 46.6 Å². The van der Waals surface area contributed by atoms with E-state index < -0.39 is 12.2 Å². The molecule has 0 radical (unpaired) electrons. The van der Waals surface area contributed by atoms with E-state index in [4.69, 9.17) is 27.9 Å². The van der Waals surface area contributed by atoms with E-state index in [1.807, 2.05) is 0 Å². The Hall–Kier alpha value is -0.740. The van der Waals surface area contributed by atoms with Crippen molar-refractivity contribution in [3.8, 4) is 0 Å². The molecule has 0 N–H and O–H groups in total. The van der Waals surface area contributed by atoms with Crippen molar-refractivity contribution in [2.75, 3.05) is 7.05 Å². The minimum absolute atomic E-state index is 0.0457. The lowest BCUT2D eigenvalue weighted by molar-refractivity contribution is -0.150. The highest BCUT2D eigenvalue weighted by molar-refractivity contribution is 6.48. The van der Waals surface area contributed by atoms with Crippen molar-refractivity contribution in [3.05, 3.63) is 10.1 Å². The number of hydrogen-bond acceptors (Lipinski definition) is 3. The SMILES string of the molecule is CC(=O)N(C)C1OC(=O)C(Cl)=C1Cl. The summed E-state index contributed by atoms with van der Waals surface area (Å²) in [5, 5.41) is -0.121. The Morgan fingerprint density at radius 1 is 1.54 bits per heavy atom. The molecule has 1 aliphatic rings. The molecule has 0 aromatic carbocycles. The summed E-state index contributed by atoms with van der Waals surface area (Å²) in [5.41, 5.74) is 0. The monoisotopic (exact) mass is 223 g/mol. The number of carbonyl (C=O) groups is 2. The highest BCUT2D eigenvalue weighted by atomic mass is 35.5. The fraction of sp³-hybridized carbons (Fsp3) is 0.429. The number of cyclic esters (lactones) is 1. The minimum Gasteiger partial charge on any atom is -0.432 e. The lowest BCUT2D eigenvalue weighted by atomic mass is 10.4. The van der Waals surface area contributed by atoms with E-state index in [0.29, 0.717) is 0 Å². The van der Waals surface area contributed by atoms with Gasteiger partial charge in [-0.3, -0.25) is 4.79 Å². The second-order valence-corrected chi connectivity index (χ2v) is 3.33. The van der Waals surface area contributed by atoms with E-state index in [1.165, 1.54) is 18.9 Å². The molecule has 0 aromatic heterocycles. The molecule has 0 saturated heterocycles. The van der Waals surface area contributed by atoms with Crippen LogP contribution in [-0.2, 0) is 14.3 Å². The zero-order valence-corrected chi connectivity index (χ0v) is 8.52. The van der Waals surface area contributed by atoms with Crippen molar-refractivity contribution in [1.29, 1.82) is 0 Å². The second kappa shape index (κ2) is 3.55. The third-order valence-electron chi connectivity index (χ3n) is 1.67. The zero-order chi connectivity index (χ0) is 10.2. The van der Waals surface area contributed by atoms with Gasteiger partial charge in [-0.05, 0) is 0 Å². The number of rotatable bonds is 1. The van der Waals surface area contributed by atoms with Gasteiger partial charge in [0.2, 0.25) is 12.1 Å². The number of carbonyl (C=O) groups excluding carboxylic acids is 2. The largest absolute Gasteiger partial charge is 0.432 e. The smallest absolute Gasteiger partial charge is 0.353 e. The normalized spacial score (nSPS) is 21.8. The predicted molar refractivity (Wildman–Crippen MR) is 47.1 cm³/mol. The Labute approximate surface area is 85.0 Å². The van der Waals surface area contributed by atoms with Gasteiger partial charge in [-0.2, -0.15) is 0 Å². The fourth-order valence-corrected chi connectivity index (χ4v) is 1.23. The van der Waals surface area contributed by atoms with Crippen molar-refractivity contribution in [3.63, 3.8) is 0 Å². The van der Waals surface area contributed by atoms with E-state index in [0.717, 1.165) is 0 Å². The van der Waals surface area contributed by atoms with Gasteiger partial charge in [0.05, 0.1) is 0 Å². The van der Waals surface area contributed by atoms with E-state index >= 15 is 0 Å². The van der Waals surface area contributed by atoms with Crippen molar-refractivity contribution in [1.82, 2.24) is 4.90 Å². The number of nitrogens with zero attached hydrogens (tertiary/aromatic N) is 1. The maximum absolute atomic E-state index is 10.9. The van der Waals surface area contributed by atoms with Gasteiger partial charge in [0, 0.05) is 14.0 Å². The van der Waals surface area contributed by atoms with E-state index in [1.54, 1.807) is 0 Å². The summed E-state index contributed by atoms with van der Waals surface area (Å²) < 4.78 is 4.74. The average molecular weight is 224 g/mol. The average Bonchev–Trinajstić information content (AvgIpc) is 2.31. The molecule has 0 bridgehead atoms. The van der Waals surface area contributed by atoms with Crippen molar-refractivity contribution in [2.24, 2.45) is 0 Å². The van der Waals surface area contributed by atoms with Crippen molar-refractivity contribution in [2.45, 2.75) is 13.2 Å². The summed E-state index contributed by atoms with van der Waals surface area (Å²) in [7, 11) is 1.47. The maximum Gasteiger partial charge on any atom is 0.353 e. The van der Waals surface area contributed by atoms with Crippen LogP contribution in [0.4, 0.5) is 0 Å². The van der Waals surface area contributed by atoms with Crippen LogP contribution >= 0.6 is 23.2 Å². The molecule has 6 heteroatoms. The number of hydrogen-bond donors (Lipinski definition) is 0. The Morgan fingerprint density at radius 3 is 2.38 bits per heavy atom. The number of likely N-dealkylation sites (N-methyl/N-ethyl adjacent to an activating group) is 1. The first-order valence-corrected chi connectivity index (χ1v) is 4.20. The van der Waals surface area contributed by atoms with Crippen LogP contribution in [0.25, 0.3) is 0 Å². The Balaban J connectivity index is 2.88. The molecule has 13 heavy (non-hydrogen) atoms. The standard InChI is InChI=1S/C7H7Cl2NO3/c1-3(11)10(2)6-4(8)5(9)7(12)13-6/h6H,1-2H3. The highest BCUT2D eigenvalue weighted by Gasteiger charge is 2.35. The molecule has 0 aromatic rings. The quantitative estimate of drug-likeness (QED) is 0.625. The molecule has 0 aliphatic carbocycles. The molecule has 0 spiro atoms. The molecule has 0 saturated carbocycles. The second-order valence-electron chi connectivity index (χ2n) is 2.55. The molecule has 4 nitrogen and oxygen atoms in total. The minimum atomic E-state index is -0.876. The van der Waals surface area contributed by atoms with Crippen molar-refractivity contribution >= 4 is 35.1 Å². The van der Waals surface area contributed by atoms with Crippen LogP contribution < -0.4 is 0 Å². The summed E-state index contributed by atoms with van der Waals surface area (Å²) in [6.45, 7) is 1.34. The first-order valence-electron chi connectivity index (χ1n) is 3.44. The van der Waals surface area contributed by atoms with Crippen LogP contribution in [0.1, 0.15) is 6.92 Å². The Morgan fingerprint density at radius 2 is 2.08 bits per heavy atom. The van der Waals surface area contributed by atoms with Crippen molar-refractivity contribution < 1.29 is 14.3 Å². The summed E-state index contributed by atoms with van der Waals surface area (Å²) in [6.07, 6.45) is -0.876. The lowest BCUT2D eigenvalue weighted by Crippen LogP contribution is -2.36. The molecule has 1 aliphatic heterocycles. The molecule has 1 amide bonds. The molecule has 1 heterocycles. The van der Waals surface area contributed by atoms with Gasteiger partial charge in [-0.15, -0.1) is 0 Å². The maximum atomic E-state index is 10.9. The summed E-state index contributed by atoms with van der Waals surface area (Å²) in [4.78, 5) is 23.0. The van der Waals surface area contributed by atoms with E-state index in [2.05, 4.69) is 0 Å². The zero-order valence-electron chi connectivity index (χ0n) is 7.01. The van der Waals surface area contributed by atoms with Crippen LogP contribution in [0.3, 0.4) is 0 Å². The van der Waals surface area contributed by atoms with E-state index in [9.17, 15) is 9.59 Å². The molecule has 1 unspecified atom stereocenters. The first-order chi connectivity index (χ1) is 5.95. The third-order valence-corrected chi connectivity index (χ3v) is 2.50. The van der Waals surface area contributed by atoms with Gasteiger partial charge in [0.25, 0.3) is 0 Å². The van der Waals surface area contributed by atoms with Crippen LogP contribution in [0, 0.1) is 0 Å². The molecule has 72 valence electrons. The van der Waals surface area contributed by atoms with Crippen LogP contribution in [0.15, 0.2) is 10.1 Å². The van der Waals surface area contributed by atoms with Crippen LogP contribution in [0.2, 0.25) is 0 Å². The first kappa shape index (κ1) is 10.3. The fourth-order valence-electron chi connectivity index (χ4n) is 0.825. The van der Waals surface area contributed by atoms with Gasteiger partial charge < -0.3 is 9.64 Å². The molecule has 1 atom stereocenters. The van der Waals surface area contributed by atoms with Gasteiger partial charge in [0.15, 0.2) is 0 Å². The van der Waals surface area contributed by atoms with Gasteiger partial charge in [-0.1, -0.05) is 23.2 Å². The summed E-state index contributed by atoms with van der Waals surface area (Å²) >= 11 is 11.2. The van der Waals surface area contributed by atoms with Crippen LogP contribution in [0.5, 0.6) is 0 Å². The number of halogens is 2. The number of esters is 1. The number of amides is 1. The Kier molecular flexibility index (Phi) is 2.83.